The Morgan fingerprint density at radius 1 is 0.815 bits per heavy atom. The van der Waals surface area contributed by atoms with Gasteiger partial charge in [-0.1, -0.05) is 79.7 Å². The Morgan fingerprint density at radius 3 is 1.89 bits per heavy atom. The van der Waals surface area contributed by atoms with Crippen LogP contribution in [0.25, 0.3) is 0 Å². The Balaban J connectivity index is 1.58. The molecule has 3 aromatic carbocycles. The van der Waals surface area contributed by atoms with Crippen LogP contribution in [0, 0.1) is 0 Å². The van der Waals surface area contributed by atoms with Crippen LogP contribution < -0.4 is 10.6 Å². The van der Waals surface area contributed by atoms with Gasteiger partial charge in [-0.05, 0) is 53.9 Å². The predicted molar refractivity (Wildman–Crippen MR) is 119 cm³/mol. The van der Waals surface area contributed by atoms with E-state index in [9.17, 15) is 0 Å². The van der Waals surface area contributed by atoms with Crippen LogP contribution in [0.15, 0.2) is 84.9 Å². The first-order valence-corrected chi connectivity index (χ1v) is 9.90. The Bertz CT molecular complexity index is 790. The summed E-state index contributed by atoms with van der Waals surface area (Å²) in [5.74, 6) is 0.353. The smallest absolute Gasteiger partial charge is 0.170 e. The lowest BCUT2D eigenvalue weighted by Crippen LogP contribution is -2.30. The Hall–Kier alpha value is -2.65. The largest absolute Gasteiger partial charge is 0.362 e. The highest BCUT2D eigenvalue weighted by atomic mass is 32.1. The maximum Gasteiger partial charge on any atom is 0.170 e. The summed E-state index contributed by atoms with van der Waals surface area (Å²) >= 11 is 5.46. The predicted octanol–water partition coefficient (Wildman–Crippen LogP) is 5.76. The average Bonchev–Trinajstić information content (AvgIpc) is 2.73. The lowest BCUT2D eigenvalue weighted by atomic mass is 9.88. The number of hydrogen-bond donors (Lipinski definition) is 2. The van der Waals surface area contributed by atoms with Crippen molar-refractivity contribution < 1.29 is 0 Å². The van der Waals surface area contributed by atoms with Crippen molar-refractivity contribution in [1.29, 1.82) is 0 Å². The first-order valence-electron chi connectivity index (χ1n) is 9.50. The molecule has 0 unspecified atom stereocenters. The minimum atomic E-state index is 0.353. The maximum atomic E-state index is 5.46. The van der Waals surface area contributed by atoms with Gasteiger partial charge in [0.25, 0.3) is 0 Å². The molecule has 0 aliphatic carbocycles. The topological polar surface area (TPSA) is 24.1 Å². The molecule has 2 nitrogen and oxygen atoms in total. The van der Waals surface area contributed by atoms with Crippen molar-refractivity contribution in [2.75, 3.05) is 11.9 Å². The van der Waals surface area contributed by atoms with Crippen LogP contribution in [0.1, 0.15) is 36.0 Å². The van der Waals surface area contributed by atoms with Crippen LogP contribution in [0.3, 0.4) is 0 Å². The molecule has 0 amide bonds. The van der Waals surface area contributed by atoms with E-state index in [0.29, 0.717) is 11.0 Å². The molecule has 27 heavy (non-hydrogen) atoms. The highest BCUT2D eigenvalue weighted by molar-refractivity contribution is 7.80. The molecule has 0 spiro atoms. The van der Waals surface area contributed by atoms with Crippen molar-refractivity contribution in [2.24, 2.45) is 0 Å². The van der Waals surface area contributed by atoms with Gasteiger partial charge in [0.15, 0.2) is 5.11 Å². The summed E-state index contributed by atoms with van der Waals surface area (Å²) in [4.78, 5) is 0. The molecule has 0 fully saturated rings. The summed E-state index contributed by atoms with van der Waals surface area (Å²) in [6, 6.07) is 29.7. The maximum absolute atomic E-state index is 5.46. The van der Waals surface area contributed by atoms with Crippen LogP contribution >= 0.6 is 12.2 Å². The van der Waals surface area contributed by atoms with Gasteiger partial charge in [0.2, 0.25) is 0 Å². The molecule has 3 rings (SSSR count). The summed E-state index contributed by atoms with van der Waals surface area (Å²) in [6.07, 6.45) is 2.02. The Kier molecular flexibility index (Phi) is 7.00. The number of aryl methyl sites for hydroxylation is 1. The fraction of sp³-hybridized carbons (Fsp3) is 0.208. The first kappa shape index (κ1) is 19.1. The van der Waals surface area contributed by atoms with Gasteiger partial charge in [-0.15, -0.1) is 0 Å². The normalized spacial score (nSPS) is 10.6. The number of anilines is 1. The zero-order chi connectivity index (χ0) is 18.9. The van der Waals surface area contributed by atoms with Gasteiger partial charge in [0, 0.05) is 18.2 Å². The molecule has 138 valence electrons. The number of hydrogen-bond acceptors (Lipinski definition) is 1. The van der Waals surface area contributed by atoms with Gasteiger partial charge >= 0.3 is 0 Å². The minimum Gasteiger partial charge on any atom is -0.362 e. The number of nitrogens with one attached hydrogen (secondary N) is 2. The molecule has 0 radical (unpaired) electrons. The first-order chi connectivity index (χ1) is 13.3. The third-order valence-electron chi connectivity index (χ3n) is 4.74. The molecule has 3 aromatic rings. The standard InChI is InChI=1S/C24H26N2S/c1-2-19-13-15-22(16-14-19)26-24(27)25-18-17-23(20-9-5-3-6-10-20)21-11-7-4-8-12-21/h3-16,23H,2,17-18H2,1H3,(H2,25,26,27). The number of thiocarbonyl (C=S) groups is 1. The molecule has 0 aliphatic heterocycles. The monoisotopic (exact) mass is 374 g/mol. The van der Waals surface area contributed by atoms with Crippen LogP contribution in [0.2, 0.25) is 0 Å². The molecule has 0 saturated carbocycles. The summed E-state index contributed by atoms with van der Waals surface area (Å²) in [7, 11) is 0. The molecule has 0 atom stereocenters. The van der Waals surface area contributed by atoms with Crippen molar-refractivity contribution in [3.63, 3.8) is 0 Å². The quantitative estimate of drug-likeness (QED) is 0.514. The molecule has 0 saturated heterocycles. The molecule has 0 bridgehead atoms. The minimum absolute atomic E-state index is 0.353. The van der Waals surface area contributed by atoms with Crippen molar-refractivity contribution in [3.05, 3.63) is 102 Å². The van der Waals surface area contributed by atoms with E-state index in [1.807, 2.05) is 0 Å². The molecular weight excluding hydrogens is 348 g/mol. The third kappa shape index (κ3) is 5.66. The van der Waals surface area contributed by atoms with Gasteiger partial charge in [0.05, 0.1) is 0 Å². The average molecular weight is 375 g/mol. The van der Waals surface area contributed by atoms with Gasteiger partial charge in [-0.25, -0.2) is 0 Å². The van der Waals surface area contributed by atoms with Crippen molar-refractivity contribution in [3.8, 4) is 0 Å². The lowest BCUT2D eigenvalue weighted by Gasteiger charge is -2.19. The van der Waals surface area contributed by atoms with Crippen molar-refractivity contribution >= 4 is 23.0 Å². The van der Waals surface area contributed by atoms with E-state index >= 15 is 0 Å². The second-order valence-electron chi connectivity index (χ2n) is 6.59. The highest BCUT2D eigenvalue weighted by Crippen LogP contribution is 2.27. The van der Waals surface area contributed by atoms with Gasteiger partial charge in [-0.3, -0.25) is 0 Å². The van der Waals surface area contributed by atoms with Gasteiger partial charge < -0.3 is 10.6 Å². The van der Waals surface area contributed by atoms with Crippen LogP contribution in [-0.4, -0.2) is 11.7 Å². The zero-order valence-electron chi connectivity index (χ0n) is 15.7. The number of benzene rings is 3. The Labute approximate surface area is 167 Å². The summed E-state index contributed by atoms with van der Waals surface area (Å²) < 4.78 is 0. The number of rotatable bonds is 7. The van der Waals surface area contributed by atoms with E-state index < -0.39 is 0 Å². The van der Waals surface area contributed by atoms with Gasteiger partial charge in [0.1, 0.15) is 0 Å². The van der Waals surface area contributed by atoms with Crippen LogP contribution in [0.5, 0.6) is 0 Å². The molecule has 0 aliphatic rings. The van der Waals surface area contributed by atoms with E-state index in [1.165, 1.54) is 16.7 Å². The summed E-state index contributed by atoms with van der Waals surface area (Å²) in [5, 5.41) is 7.28. The molecule has 0 heterocycles. The summed E-state index contributed by atoms with van der Waals surface area (Å²) in [5.41, 5.74) is 5.01. The highest BCUT2D eigenvalue weighted by Gasteiger charge is 2.13. The van der Waals surface area contributed by atoms with Crippen LogP contribution in [0.4, 0.5) is 5.69 Å². The van der Waals surface area contributed by atoms with E-state index in [4.69, 9.17) is 12.2 Å². The van der Waals surface area contributed by atoms with Crippen molar-refractivity contribution in [2.45, 2.75) is 25.7 Å². The molecule has 2 N–H and O–H groups in total. The van der Waals surface area contributed by atoms with Gasteiger partial charge in [-0.2, -0.15) is 0 Å². The lowest BCUT2D eigenvalue weighted by molar-refractivity contribution is 0.694. The van der Waals surface area contributed by atoms with E-state index in [0.717, 1.165) is 25.1 Å². The molecular formula is C24H26N2S. The Morgan fingerprint density at radius 2 is 1.37 bits per heavy atom. The van der Waals surface area contributed by atoms with Crippen molar-refractivity contribution in [1.82, 2.24) is 5.32 Å². The second-order valence-corrected chi connectivity index (χ2v) is 7.00. The molecule has 0 aromatic heterocycles. The zero-order valence-corrected chi connectivity index (χ0v) is 16.5. The van der Waals surface area contributed by atoms with Crippen LogP contribution in [-0.2, 0) is 6.42 Å². The third-order valence-corrected chi connectivity index (χ3v) is 4.99. The van der Waals surface area contributed by atoms with E-state index in [2.05, 4.69) is 102 Å². The molecule has 3 heteroatoms. The fourth-order valence-corrected chi connectivity index (χ4v) is 3.45. The summed E-state index contributed by atoms with van der Waals surface area (Å²) in [6.45, 7) is 2.97. The second kappa shape index (κ2) is 9.89. The van der Waals surface area contributed by atoms with E-state index in [1.54, 1.807) is 0 Å². The van der Waals surface area contributed by atoms with E-state index in [-0.39, 0.29) is 0 Å². The SMILES string of the molecule is CCc1ccc(NC(=S)NCCC(c2ccccc2)c2ccccc2)cc1. The fourth-order valence-electron chi connectivity index (χ4n) is 3.23.